The van der Waals surface area contributed by atoms with Crippen LogP contribution in [0.15, 0.2) is 30.8 Å². The summed E-state index contributed by atoms with van der Waals surface area (Å²) >= 11 is 0. The maximum atomic E-state index is 5.66. The summed E-state index contributed by atoms with van der Waals surface area (Å²) in [6.45, 7) is 13.1. The summed E-state index contributed by atoms with van der Waals surface area (Å²) < 4.78 is 5.66. The predicted octanol–water partition coefficient (Wildman–Crippen LogP) is 4.51. The fraction of sp³-hybridized carbons (Fsp3) is 0.529. The van der Waals surface area contributed by atoms with E-state index in [2.05, 4.69) is 32.7 Å². The van der Waals surface area contributed by atoms with Crippen LogP contribution in [0, 0.1) is 0 Å². The van der Waals surface area contributed by atoms with Crippen LogP contribution in [0.5, 0.6) is 5.75 Å². The van der Waals surface area contributed by atoms with Gasteiger partial charge in [-0.05, 0) is 25.6 Å². The van der Waals surface area contributed by atoms with Gasteiger partial charge in [-0.2, -0.15) is 0 Å². The lowest BCUT2D eigenvalue weighted by molar-refractivity contribution is 0.305. The van der Waals surface area contributed by atoms with Crippen molar-refractivity contribution < 1.29 is 4.74 Å². The lowest BCUT2D eigenvalue weighted by Crippen LogP contribution is -2.09. The quantitative estimate of drug-likeness (QED) is 0.697. The second-order valence-electron chi connectivity index (χ2n) is 4.25. The molecule has 0 aliphatic carbocycles. The van der Waals surface area contributed by atoms with Crippen molar-refractivity contribution in [3.05, 3.63) is 36.4 Å². The molecule has 0 unspecified atom stereocenters. The molecule has 1 aromatic carbocycles. The lowest BCUT2D eigenvalue weighted by Gasteiger charge is -2.08. The van der Waals surface area contributed by atoms with Crippen LogP contribution < -0.4 is 10.1 Å². The van der Waals surface area contributed by atoms with Crippen LogP contribution >= 0.6 is 0 Å². The first-order chi connectivity index (χ1) is 9.29. The lowest BCUT2D eigenvalue weighted by atomic mass is 10.2. The van der Waals surface area contributed by atoms with Gasteiger partial charge in [-0.1, -0.05) is 64.5 Å². The van der Waals surface area contributed by atoms with Crippen molar-refractivity contribution in [2.45, 2.75) is 40.0 Å². The standard InChI is InChI=1S/C13H18O.C4H11N/c1-3-5-8-11-14-13-10-7-6-9-12(13)4-2;1-3-5-4-2/h4,6-7,9-10H,2-3,5,8,11H2,1H3;5H,3-4H2,1-2H3. The first-order valence-corrected chi connectivity index (χ1v) is 7.35. The number of hydrogen-bond acceptors (Lipinski definition) is 2. The van der Waals surface area contributed by atoms with Crippen LogP contribution in [0.1, 0.15) is 45.6 Å². The molecule has 0 saturated heterocycles. The van der Waals surface area contributed by atoms with E-state index < -0.39 is 0 Å². The molecule has 0 aromatic heterocycles. The van der Waals surface area contributed by atoms with Crippen LogP contribution in [0.2, 0.25) is 0 Å². The molecule has 2 nitrogen and oxygen atoms in total. The van der Waals surface area contributed by atoms with E-state index in [1.54, 1.807) is 0 Å². The Labute approximate surface area is 118 Å². The number of benzene rings is 1. The fourth-order valence-electron chi connectivity index (χ4n) is 1.56. The van der Waals surface area contributed by atoms with E-state index in [1.807, 2.05) is 30.3 Å². The van der Waals surface area contributed by atoms with E-state index >= 15 is 0 Å². The minimum absolute atomic E-state index is 0.804. The minimum Gasteiger partial charge on any atom is -0.493 e. The highest BCUT2D eigenvalue weighted by Gasteiger charge is 1.97. The fourth-order valence-corrected chi connectivity index (χ4v) is 1.56. The smallest absolute Gasteiger partial charge is 0.126 e. The van der Waals surface area contributed by atoms with Gasteiger partial charge in [-0.15, -0.1) is 0 Å². The molecule has 0 bridgehead atoms. The molecule has 19 heavy (non-hydrogen) atoms. The molecule has 0 saturated carbocycles. The summed E-state index contributed by atoms with van der Waals surface area (Å²) in [5, 5.41) is 3.11. The molecule has 1 aromatic rings. The number of nitrogens with one attached hydrogen (secondary N) is 1. The Bertz CT molecular complexity index is 321. The maximum Gasteiger partial charge on any atom is 0.126 e. The van der Waals surface area contributed by atoms with Gasteiger partial charge < -0.3 is 10.1 Å². The summed E-state index contributed by atoms with van der Waals surface area (Å²) in [6.07, 6.45) is 5.42. The van der Waals surface area contributed by atoms with Crippen LogP contribution in [0.25, 0.3) is 6.08 Å². The molecule has 0 fully saturated rings. The van der Waals surface area contributed by atoms with Gasteiger partial charge in [0, 0.05) is 5.56 Å². The Kier molecular flexibility index (Phi) is 12.3. The Morgan fingerprint density at radius 1 is 1.11 bits per heavy atom. The van der Waals surface area contributed by atoms with Crippen molar-refractivity contribution in [3.63, 3.8) is 0 Å². The first kappa shape index (κ1) is 17.7. The molecule has 2 heteroatoms. The number of ether oxygens (including phenoxy) is 1. The highest BCUT2D eigenvalue weighted by molar-refractivity contribution is 5.55. The summed E-state index contributed by atoms with van der Waals surface area (Å²) in [7, 11) is 0. The zero-order chi connectivity index (χ0) is 14.3. The zero-order valence-corrected chi connectivity index (χ0v) is 12.7. The van der Waals surface area contributed by atoms with Gasteiger partial charge in [0.1, 0.15) is 5.75 Å². The zero-order valence-electron chi connectivity index (χ0n) is 12.7. The summed E-state index contributed by atoms with van der Waals surface area (Å²) in [6, 6.07) is 7.99. The van der Waals surface area contributed by atoms with Gasteiger partial charge in [0.2, 0.25) is 0 Å². The van der Waals surface area contributed by atoms with Gasteiger partial charge in [0.05, 0.1) is 6.61 Å². The Balaban J connectivity index is 0.000000555. The van der Waals surface area contributed by atoms with Crippen molar-refractivity contribution in [3.8, 4) is 5.75 Å². The minimum atomic E-state index is 0.804. The Morgan fingerprint density at radius 3 is 2.32 bits per heavy atom. The molecule has 0 radical (unpaired) electrons. The van der Waals surface area contributed by atoms with E-state index in [4.69, 9.17) is 4.74 Å². The van der Waals surface area contributed by atoms with Crippen LogP contribution in [-0.2, 0) is 0 Å². The maximum absolute atomic E-state index is 5.66. The van der Waals surface area contributed by atoms with E-state index in [-0.39, 0.29) is 0 Å². The van der Waals surface area contributed by atoms with Crippen molar-refractivity contribution in [1.29, 1.82) is 0 Å². The number of rotatable bonds is 8. The summed E-state index contributed by atoms with van der Waals surface area (Å²) in [4.78, 5) is 0. The highest BCUT2D eigenvalue weighted by Crippen LogP contribution is 2.18. The van der Waals surface area contributed by atoms with Gasteiger partial charge in [-0.3, -0.25) is 0 Å². The van der Waals surface area contributed by atoms with Crippen LogP contribution in [0.4, 0.5) is 0 Å². The monoisotopic (exact) mass is 263 g/mol. The van der Waals surface area contributed by atoms with Crippen molar-refractivity contribution in [1.82, 2.24) is 5.32 Å². The molecule has 0 spiro atoms. The number of hydrogen-bond donors (Lipinski definition) is 1. The average Bonchev–Trinajstić information content (AvgIpc) is 2.45. The molecular formula is C17H29NO. The SMILES string of the molecule is C=Cc1ccccc1OCCCCC.CCNCC. The first-order valence-electron chi connectivity index (χ1n) is 7.35. The normalized spacial score (nSPS) is 9.42. The average molecular weight is 263 g/mol. The van der Waals surface area contributed by atoms with E-state index in [0.717, 1.165) is 37.4 Å². The molecule has 0 atom stereocenters. The number of para-hydroxylation sites is 1. The third-order valence-electron chi connectivity index (χ3n) is 2.64. The van der Waals surface area contributed by atoms with Gasteiger partial charge >= 0.3 is 0 Å². The van der Waals surface area contributed by atoms with E-state index in [9.17, 15) is 0 Å². The van der Waals surface area contributed by atoms with Gasteiger partial charge in [-0.25, -0.2) is 0 Å². The van der Waals surface area contributed by atoms with Crippen molar-refractivity contribution >= 4 is 6.08 Å². The Hall–Kier alpha value is -1.28. The number of unbranched alkanes of at least 4 members (excludes halogenated alkanes) is 2. The topological polar surface area (TPSA) is 21.3 Å². The molecule has 1 rings (SSSR count). The highest BCUT2D eigenvalue weighted by atomic mass is 16.5. The van der Waals surface area contributed by atoms with Crippen molar-refractivity contribution in [2.75, 3.05) is 19.7 Å². The molecule has 0 amide bonds. The summed E-state index contributed by atoms with van der Waals surface area (Å²) in [5.74, 6) is 0.943. The van der Waals surface area contributed by atoms with Gasteiger partial charge in [0.15, 0.2) is 0 Å². The third-order valence-corrected chi connectivity index (χ3v) is 2.64. The molecule has 0 aliphatic rings. The molecule has 0 heterocycles. The second kappa shape index (κ2) is 13.2. The molecule has 108 valence electrons. The summed E-state index contributed by atoms with van der Waals surface area (Å²) in [5.41, 5.74) is 1.07. The van der Waals surface area contributed by atoms with Crippen LogP contribution in [-0.4, -0.2) is 19.7 Å². The van der Waals surface area contributed by atoms with Gasteiger partial charge in [0.25, 0.3) is 0 Å². The second-order valence-corrected chi connectivity index (χ2v) is 4.25. The molecule has 0 aliphatic heterocycles. The largest absolute Gasteiger partial charge is 0.493 e. The predicted molar refractivity (Wildman–Crippen MR) is 85.8 cm³/mol. The van der Waals surface area contributed by atoms with E-state index in [1.165, 1.54) is 12.8 Å². The molecule has 1 N–H and O–H groups in total. The van der Waals surface area contributed by atoms with Crippen LogP contribution in [0.3, 0.4) is 0 Å². The third kappa shape index (κ3) is 9.32. The van der Waals surface area contributed by atoms with E-state index in [0.29, 0.717) is 0 Å². The Morgan fingerprint density at radius 2 is 1.79 bits per heavy atom. The van der Waals surface area contributed by atoms with Crippen molar-refractivity contribution in [2.24, 2.45) is 0 Å². The molecular weight excluding hydrogens is 234 g/mol.